The van der Waals surface area contributed by atoms with Crippen molar-refractivity contribution in [3.8, 4) is 0 Å². The second kappa shape index (κ2) is 6.32. The number of rotatable bonds is 4. The number of carbonyl (C=O) groups excluding carboxylic acids is 2. The molecule has 3 amide bonds. The van der Waals surface area contributed by atoms with E-state index in [-0.39, 0.29) is 23.4 Å². The van der Waals surface area contributed by atoms with Gasteiger partial charge in [-0.15, -0.1) is 0 Å². The van der Waals surface area contributed by atoms with Crippen molar-refractivity contribution in [1.29, 1.82) is 0 Å². The van der Waals surface area contributed by atoms with E-state index in [0.717, 1.165) is 12.8 Å². The van der Waals surface area contributed by atoms with Crippen LogP contribution in [0.5, 0.6) is 0 Å². The number of amides is 3. The minimum Gasteiger partial charge on any atom is -0.381 e. The Morgan fingerprint density at radius 3 is 2.43 bits per heavy atom. The number of ether oxygens (including phenoxy) is 1. The van der Waals surface area contributed by atoms with Crippen LogP contribution in [-0.2, 0) is 14.9 Å². The fourth-order valence-electron chi connectivity index (χ4n) is 3.51. The van der Waals surface area contributed by atoms with Gasteiger partial charge in [-0.25, -0.2) is 4.79 Å². The number of hydrogen-bond donors (Lipinski definition) is 1. The summed E-state index contributed by atoms with van der Waals surface area (Å²) in [5.41, 5.74) is 2.19. The predicted molar refractivity (Wildman–Crippen MR) is 87.2 cm³/mol. The van der Waals surface area contributed by atoms with Gasteiger partial charge in [-0.2, -0.15) is 0 Å². The lowest BCUT2D eigenvalue weighted by Gasteiger charge is -2.39. The van der Waals surface area contributed by atoms with Crippen LogP contribution in [0.1, 0.15) is 37.3 Å². The van der Waals surface area contributed by atoms with Crippen molar-refractivity contribution >= 4 is 11.9 Å². The minimum atomic E-state index is -0.377. The molecule has 0 saturated carbocycles. The fraction of sp³-hybridized carbons (Fsp3) is 0.556. The molecule has 1 aromatic rings. The highest BCUT2D eigenvalue weighted by molar-refractivity contribution is 6.04. The van der Waals surface area contributed by atoms with Crippen LogP contribution in [0.25, 0.3) is 0 Å². The van der Waals surface area contributed by atoms with Gasteiger partial charge in [-0.1, -0.05) is 36.8 Å². The average Bonchev–Trinajstić information content (AvgIpc) is 2.84. The standard InChI is InChI=1S/C18H24N2O3/c1-3-15-16(21)20(17(22)19-15)12-18(8-10-23-11-9-18)14-6-4-13(2)5-7-14/h4-7,15H,3,8-12H2,1-2H3,(H,19,22)/t15-/m1/s1. The van der Waals surface area contributed by atoms with Crippen LogP contribution in [-0.4, -0.2) is 42.6 Å². The quantitative estimate of drug-likeness (QED) is 0.868. The number of nitrogens with one attached hydrogen (secondary N) is 1. The van der Waals surface area contributed by atoms with E-state index in [1.165, 1.54) is 16.0 Å². The Morgan fingerprint density at radius 2 is 1.87 bits per heavy atom. The molecule has 2 fully saturated rings. The van der Waals surface area contributed by atoms with Gasteiger partial charge in [0.1, 0.15) is 6.04 Å². The Morgan fingerprint density at radius 1 is 1.22 bits per heavy atom. The van der Waals surface area contributed by atoms with Crippen LogP contribution in [0.3, 0.4) is 0 Å². The first-order valence-corrected chi connectivity index (χ1v) is 8.32. The molecule has 0 spiro atoms. The van der Waals surface area contributed by atoms with E-state index in [0.29, 0.717) is 26.2 Å². The molecule has 0 bridgehead atoms. The van der Waals surface area contributed by atoms with Gasteiger partial charge in [-0.3, -0.25) is 9.69 Å². The summed E-state index contributed by atoms with van der Waals surface area (Å²) in [5.74, 6) is -0.101. The average molecular weight is 316 g/mol. The molecule has 124 valence electrons. The second-order valence-corrected chi connectivity index (χ2v) is 6.59. The van der Waals surface area contributed by atoms with E-state index in [4.69, 9.17) is 4.74 Å². The van der Waals surface area contributed by atoms with E-state index < -0.39 is 0 Å². The Kier molecular flexibility index (Phi) is 4.39. The van der Waals surface area contributed by atoms with Crippen molar-refractivity contribution < 1.29 is 14.3 Å². The van der Waals surface area contributed by atoms with Gasteiger partial charge in [0.2, 0.25) is 0 Å². The molecule has 0 aliphatic carbocycles. The summed E-state index contributed by atoms with van der Waals surface area (Å²) < 4.78 is 5.53. The topological polar surface area (TPSA) is 58.6 Å². The number of carbonyl (C=O) groups is 2. The minimum absolute atomic E-state index is 0.101. The molecular formula is C18H24N2O3. The lowest BCUT2D eigenvalue weighted by atomic mass is 9.73. The predicted octanol–water partition coefficient (Wildman–Crippen LogP) is 2.37. The molecule has 5 nitrogen and oxygen atoms in total. The molecule has 2 heterocycles. The molecule has 0 unspecified atom stereocenters. The van der Waals surface area contributed by atoms with Crippen molar-refractivity contribution in [3.63, 3.8) is 0 Å². The third-order valence-corrected chi connectivity index (χ3v) is 5.09. The van der Waals surface area contributed by atoms with E-state index >= 15 is 0 Å². The number of benzene rings is 1. The maximum Gasteiger partial charge on any atom is 0.324 e. The first kappa shape index (κ1) is 16.0. The second-order valence-electron chi connectivity index (χ2n) is 6.59. The maximum absolute atomic E-state index is 12.5. The molecule has 0 radical (unpaired) electrons. The van der Waals surface area contributed by atoms with Gasteiger partial charge in [0, 0.05) is 25.2 Å². The summed E-state index contributed by atoms with van der Waals surface area (Å²) in [6.07, 6.45) is 2.27. The fourth-order valence-corrected chi connectivity index (χ4v) is 3.51. The van der Waals surface area contributed by atoms with E-state index in [2.05, 4.69) is 36.5 Å². The molecular weight excluding hydrogens is 292 g/mol. The molecule has 1 N–H and O–H groups in total. The van der Waals surface area contributed by atoms with Crippen LogP contribution in [0.2, 0.25) is 0 Å². The number of aryl methyl sites for hydroxylation is 1. The summed E-state index contributed by atoms with van der Waals surface area (Å²) in [5, 5.41) is 2.78. The molecule has 1 atom stereocenters. The molecule has 1 aromatic carbocycles. The molecule has 3 rings (SSSR count). The first-order chi connectivity index (χ1) is 11.1. The summed E-state index contributed by atoms with van der Waals surface area (Å²) in [4.78, 5) is 26.1. The molecule has 2 aliphatic rings. The molecule has 5 heteroatoms. The summed E-state index contributed by atoms with van der Waals surface area (Å²) in [6.45, 7) is 5.73. The van der Waals surface area contributed by atoms with Crippen LogP contribution < -0.4 is 5.32 Å². The summed E-state index contributed by atoms with van der Waals surface area (Å²) >= 11 is 0. The van der Waals surface area contributed by atoms with E-state index in [1.54, 1.807) is 0 Å². The smallest absolute Gasteiger partial charge is 0.324 e. The monoisotopic (exact) mass is 316 g/mol. The first-order valence-electron chi connectivity index (χ1n) is 8.32. The number of hydrogen-bond acceptors (Lipinski definition) is 3. The zero-order chi connectivity index (χ0) is 16.4. The lowest BCUT2D eigenvalue weighted by molar-refractivity contribution is -0.128. The van der Waals surface area contributed by atoms with Gasteiger partial charge < -0.3 is 10.1 Å². The van der Waals surface area contributed by atoms with Gasteiger partial charge in [-0.05, 0) is 31.7 Å². The molecule has 23 heavy (non-hydrogen) atoms. The van der Waals surface area contributed by atoms with E-state index in [9.17, 15) is 9.59 Å². The van der Waals surface area contributed by atoms with Crippen molar-refractivity contribution in [2.45, 2.75) is 44.6 Å². The normalized spacial score (nSPS) is 23.9. The SMILES string of the molecule is CC[C@H]1NC(=O)N(CC2(c3ccc(C)cc3)CCOCC2)C1=O. The number of nitrogens with zero attached hydrogens (tertiary/aromatic N) is 1. The Balaban J connectivity index is 1.89. The Hall–Kier alpha value is -1.88. The largest absolute Gasteiger partial charge is 0.381 e. The molecule has 2 saturated heterocycles. The third-order valence-electron chi connectivity index (χ3n) is 5.09. The molecule has 2 aliphatic heterocycles. The maximum atomic E-state index is 12.5. The zero-order valence-corrected chi connectivity index (χ0v) is 13.8. The van der Waals surface area contributed by atoms with Crippen LogP contribution in [0.15, 0.2) is 24.3 Å². The highest BCUT2D eigenvalue weighted by Crippen LogP contribution is 2.36. The van der Waals surface area contributed by atoms with Crippen LogP contribution in [0, 0.1) is 6.92 Å². The van der Waals surface area contributed by atoms with Gasteiger partial charge in [0.25, 0.3) is 5.91 Å². The van der Waals surface area contributed by atoms with Gasteiger partial charge in [0.05, 0.1) is 0 Å². The number of urea groups is 1. The summed E-state index contributed by atoms with van der Waals surface area (Å²) in [6, 6.07) is 7.78. The van der Waals surface area contributed by atoms with Crippen LogP contribution in [0.4, 0.5) is 4.79 Å². The molecule has 0 aromatic heterocycles. The highest BCUT2D eigenvalue weighted by atomic mass is 16.5. The Labute approximate surface area is 137 Å². The third kappa shape index (κ3) is 2.98. The Bertz CT molecular complexity index is 591. The van der Waals surface area contributed by atoms with Gasteiger partial charge >= 0.3 is 6.03 Å². The van der Waals surface area contributed by atoms with Crippen molar-refractivity contribution in [3.05, 3.63) is 35.4 Å². The van der Waals surface area contributed by atoms with Gasteiger partial charge in [0.15, 0.2) is 0 Å². The summed E-state index contributed by atoms with van der Waals surface area (Å²) in [7, 11) is 0. The lowest BCUT2D eigenvalue weighted by Crippen LogP contribution is -2.47. The highest BCUT2D eigenvalue weighted by Gasteiger charge is 2.44. The van der Waals surface area contributed by atoms with Crippen molar-refractivity contribution in [1.82, 2.24) is 10.2 Å². The van der Waals surface area contributed by atoms with Crippen molar-refractivity contribution in [2.75, 3.05) is 19.8 Å². The zero-order valence-electron chi connectivity index (χ0n) is 13.8. The van der Waals surface area contributed by atoms with Crippen molar-refractivity contribution in [2.24, 2.45) is 0 Å². The number of imide groups is 1. The van der Waals surface area contributed by atoms with Crippen LogP contribution >= 0.6 is 0 Å². The van der Waals surface area contributed by atoms with E-state index in [1.807, 2.05) is 6.92 Å².